The maximum absolute atomic E-state index is 12.2. The third-order valence-electron chi connectivity index (χ3n) is 3.38. The second-order valence-corrected chi connectivity index (χ2v) is 6.57. The number of nitrogens with two attached hydrogens (primary N) is 1. The van der Waals surface area contributed by atoms with Gasteiger partial charge in [-0.2, -0.15) is 0 Å². The Labute approximate surface area is 127 Å². The van der Waals surface area contributed by atoms with Crippen molar-refractivity contribution >= 4 is 21.8 Å². The molecule has 0 aliphatic rings. The number of hydrogen-bond donors (Lipinski definition) is 2. The van der Waals surface area contributed by atoms with Crippen LogP contribution in [0.3, 0.4) is 0 Å². The number of rotatable bonds is 4. The quantitative estimate of drug-likeness (QED) is 0.816. The lowest BCUT2D eigenvalue weighted by Crippen LogP contribution is -2.31. The summed E-state index contributed by atoms with van der Waals surface area (Å²) in [5.41, 5.74) is 6.20. The van der Waals surface area contributed by atoms with E-state index in [1.807, 2.05) is 4.72 Å². The fourth-order valence-electron chi connectivity index (χ4n) is 2.00. The number of carbonyl (C=O) groups is 2. The third-order valence-corrected chi connectivity index (χ3v) is 4.67. The van der Waals surface area contributed by atoms with Crippen LogP contribution in [0.2, 0.25) is 0 Å². The van der Waals surface area contributed by atoms with Gasteiger partial charge in [-0.15, -0.1) is 0 Å². The van der Waals surface area contributed by atoms with Gasteiger partial charge in [0.25, 0.3) is 21.8 Å². The molecule has 3 N–H and O–H groups in total. The Kier molecular flexibility index (Phi) is 3.84. The van der Waals surface area contributed by atoms with Gasteiger partial charge in [0, 0.05) is 26.0 Å². The Morgan fingerprint density at radius 2 is 1.82 bits per heavy atom. The van der Waals surface area contributed by atoms with Crippen LogP contribution in [0.25, 0.3) is 0 Å². The van der Waals surface area contributed by atoms with E-state index in [2.05, 4.69) is 0 Å². The molecule has 2 heterocycles. The number of aryl methyl sites for hydroxylation is 2. The molecule has 0 fully saturated rings. The van der Waals surface area contributed by atoms with E-state index in [9.17, 15) is 18.0 Å². The highest BCUT2D eigenvalue weighted by atomic mass is 32.2. The Hall–Kier alpha value is -2.55. The summed E-state index contributed by atoms with van der Waals surface area (Å²) in [6, 6.07) is 4.35. The average molecular weight is 324 g/mol. The highest BCUT2D eigenvalue weighted by Crippen LogP contribution is 2.14. The molecule has 0 aromatic carbocycles. The molecule has 22 heavy (non-hydrogen) atoms. The molecule has 2 amide bonds. The van der Waals surface area contributed by atoms with E-state index < -0.39 is 21.8 Å². The predicted molar refractivity (Wildman–Crippen MR) is 78.7 cm³/mol. The van der Waals surface area contributed by atoms with Crippen molar-refractivity contribution in [3.63, 3.8) is 0 Å². The summed E-state index contributed by atoms with van der Waals surface area (Å²) in [7, 11) is -0.947. The molecule has 8 nitrogen and oxygen atoms in total. The van der Waals surface area contributed by atoms with Gasteiger partial charge in [0.05, 0.1) is 0 Å². The third kappa shape index (κ3) is 2.75. The topological polar surface area (TPSA) is 116 Å². The molecule has 2 aromatic heterocycles. The molecule has 0 radical (unpaired) electrons. The first kappa shape index (κ1) is 15.8. The van der Waals surface area contributed by atoms with Crippen molar-refractivity contribution in [1.82, 2.24) is 13.9 Å². The molecule has 2 rings (SSSR count). The second-order valence-electron chi connectivity index (χ2n) is 4.89. The summed E-state index contributed by atoms with van der Waals surface area (Å²) < 4.78 is 29.3. The van der Waals surface area contributed by atoms with Crippen molar-refractivity contribution in [2.75, 3.05) is 0 Å². The number of primary amides is 1. The van der Waals surface area contributed by atoms with E-state index in [0.717, 1.165) is 11.8 Å². The van der Waals surface area contributed by atoms with Crippen LogP contribution in [-0.4, -0.2) is 29.4 Å². The van der Waals surface area contributed by atoms with Gasteiger partial charge in [0.15, 0.2) is 0 Å². The molecule has 0 saturated carbocycles. The van der Waals surface area contributed by atoms with Crippen molar-refractivity contribution in [3.05, 3.63) is 41.5 Å². The largest absolute Gasteiger partial charge is 0.364 e. The van der Waals surface area contributed by atoms with E-state index in [-0.39, 0.29) is 16.3 Å². The van der Waals surface area contributed by atoms with Gasteiger partial charge < -0.3 is 14.9 Å². The Balaban J connectivity index is 2.32. The number of hydrogen-bond acceptors (Lipinski definition) is 4. The first-order valence-electron chi connectivity index (χ1n) is 6.29. The molecule has 0 aliphatic heterocycles. The van der Waals surface area contributed by atoms with Gasteiger partial charge in [-0.1, -0.05) is 0 Å². The van der Waals surface area contributed by atoms with Crippen LogP contribution >= 0.6 is 0 Å². The molecule has 0 spiro atoms. The monoisotopic (exact) mass is 324 g/mol. The van der Waals surface area contributed by atoms with Crippen LogP contribution in [-0.2, 0) is 24.1 Å². The Morgan fingerprint density at radius 3 is 2.27 bits per heavy atom. The summed E-state index contributed by atoms with van der Waals surface area (Å²) in [6.07, 6.45) is 1.21. The van der Waals surface area contributed by atoms with Crippen LogP contribution in [0, 0.1) is 6.92 Å². The molecule has 0 bridgehead atoms. The zero-order chi connectivity index (χ0) is 16.7. The van der Waals surface area contributed by atoms with E-state index in [0.29, 0.717) is 0 Å². The minimum atomic E-state index is -4.09. The number of aromatic nitrogens is 2. The van der Waals surface area contributed by atoms with Crippen LogP contribution < -0.4 is 10.5 Å². The smallest absolute Gasteiger partial charge is 0.281 e. The number of amides is 2. The van der Waals surface area contributed by atoms with Crippen LogP contribution in [0.4, 0.5) is 0 Å². The van der Waals surface area contributed by atoms with Crippen LogP contribution in [0.1, 0.15) is 26.7 Å². The maximum atomic E-state index is 12.2. The molecule has 0 saturated heterocycles. The fraction of sp³-hybridized carbons (Fsp3) is 0.231. The molecule has 9 heteroatoms. The van der Waals surface area contributed by atoms with Gasteiger partial charge in [0.1, 0.15) is 16.3 Å². The van der Waals surface area contributed by atoms with Crippen LogP contribution in [0.5, 0.6) is 0 Å². The molecule has 118 valence electrons. The highest BCUT2D eigenvalue weighted by Gasteiger charge is 2.23. The Morgan fingerprint density at radius 1 is 1.18 bits per heavy atom. The summed E-state index contributed by atoms with van der Waals surface area (Å²) >= 11 is 0. The highest BCUT2D eigenvalue weighted by molar-refractivity contribution is 7.90. The maximum Gasteiger partial charge on any atom is 0.281 e. The van der Waals surface area contributed by atoms with E-state index in [1.54, 1.807) is 24.6 Å². The zero-order valence-electron chi connectivity index (χ0n) is 12.3. The molecule has 0 unspecified atom stereocenters. The fourth-order valence-corrected chi connectivity index (χ4v) is 3.03. The summed E-state index contributed by atoms with van der Waals surface area (Å²) in [5.74, 6) is -1.51. The first-order chi connectivity index (χ1) is 10.1. The van der Waals surface area contributed by atoms with E-state index in [4.69, 9.17) is 5.73 Å². The molecular formula is C13H16N4O4S. The van der Waals surface area contributed by atoms with Gasteiger partial charge >= 0.3 is 0 Å². The summed E-state index contributed by atoms with van der Waals surface area (Å²) in [4.78, 5) is 23.0. The second kappa shape index (κ2) is 5.34. The lowest BCUT2D eigenvalue weighted by Gasteiger charge is -2.07. The predicted octanol–water partition coefficient (Wildman–Crippen LogP) is -0.110. The first-order valence-corrected chi connectivity index (χ1v) is 7.77. The van der Waals surface area contributed by atoms with Crippen LogP contribution in [0.15, 0.2) is 29.3 Å². The lowest BCUT2D eigenvalue weighted by atomic mass is 10.4. The zero-order valence-corrected chi connectivity index (χ0v) is 13.1. The molecule has 0 aliphatic carbocycles. The standard InChI is InChI=1S/C13H16N4O4S/c1-8-4-5-10(17(8)3)13(19)15-22(20,21)9-6-11(12(14)18)16(2)7-9/h4-7H,1-3H3,(H2,14,18)(H,15,19). The van der Waals surface area contributed by atoms with Crippen molar-refractivity contribution in [3.8, 4) is 0 Å². The summed E-state index contributed by atoms with van der Waals surface area (Å²) in [6.45, 7) is 1.79. The number of nitrogens with one attached hydrogen (secondary N) is 1. The lowest BCUT2D eigenvalue weighted by molar-refractivity contribution is 0.0970. The molecular weight excluding hydrogens is 308 g/mol. The molecule has 0 atom stereocenters. The summed E-state index contributed by atoms with van der Waals surface area (Å²) in [5, 5.41) is 0. The number of sulfonamides is 1. The van der Waals surface area contributed by atoms with Crippen molar-refractivity contribution in [1.29, 1.82) is 0 Å². The number of carbonyl (C=O) groups excluding carboxylic acids is 2. The average Bonchev–Trinajstić information content (AvgIpc) is 2.94. The van der Waals surface area contributed by atoms with Gasteiger partial charge in [-0.3, -0.25) is 9.59 Å². The van der Waals surface area contributed by atoms with Gasteiger partial charge in [-0.25, -0.2) is 13.1 Å². The number of nitrogens with zero attached hydrogens (tertiary/aromatic N) is 2. The van der Waals surface area contributed by atoms with Crippen molar-refractivity contribution in [2.24, 2.45) is 19.8 Å². The van der Waals surface area contributed by atoms with Crippen molar-refractivity contribution < 1.29 is 18.0 Å². The van der Waals surface area contributed by atoms with E-state index in [1.165, 1.54) is 23.9 Å². The van der Waals surface area contributed by atoms with E-state index >= 15 is 0 Å². The molecule has 2 aromatic rings. The van der Waals surface area contributed by atoms with Crippen molar-refractivity contribution in [2.45, 2.75) is 11.8 Å². The van der Waals surface area contributed by atoms with Gasteiger partial charge in [-0.05, 0) is 25.1 Å². The van der Waals surface area contributed by atoms with Gasteiger partial charge in [0.2, 0.25) is 0 Å². The minimum absolute atomic E-state index is 0.0301. The Bertz CT molecular complexity index is 861. The normalized spacial score (nSPS) is 11.4. The minimum Gasteiger partial charge on any atom is -0.364 e. The SMILES string of the molecule is Cc1ccc(C(=O)NS(=O)(=O)c2cc(C(N)=O)n(C)c2)n1C.